The number of aliphatic carboxylic acids is 1. The first-order valence-electron chi connectivity index (χ1n) is 4.32. The molecule has 0 aliphatic heterocycles. The summed E-state index contributed by atoms with van der Waals surface area (Å²) in [4.78, 5) is 21.7. The molecule has 5 nitrogen and oxygen atoms in total. The highest BCUT2D eigenvalue weighted by Crippen LogP contribution is 2.16. The summed E-state index contributed by atoms with van der Waals surface area (Å²) in [5.41, 5.74) is 1.45. The fourth-order valence-corrected chi connectivity index (χ4v) is 1.09. The standard InChI is InChI=1S/C9H15NO4/c1-3-4-5-7(9(12)13)6(2)8(11)10-14/h3-4,6-7,14H,5H2,1-2H3,(H,10,11)(H,12,13). The molecule has 0 saturated heterocycles. The Hall–Kier alpha value is -1.36. The highest BCUT2D eigenvalue weighted by atomic mass is 16.5. The van der Waals surface area contributed by atoms with Gasteiger partial charge in [-0.3, -0.25) is 14.8 Å². The van der Waals surface area contributed by atoms with Crippen LogP contribution in [-0.4, -0.2) is 22.2 Å². The van der Waals surface area contributed by atoms with E-state index in [1.807, 2.05) is 0 Å². The molecule has 0 saturated carbocycles. The highest BCUT2D eigenvalue weighted by molar-refractivity contribution is 5.83. The summed E-state index contributed by atoms with van der Waals surface area (Å²) < 4.78 is 0. The van der Waals surface area contributed by atoms with Crippen molar-refractivity contribution in [2.45, 2.75) is 20.3 Å². The second-order valence-corrected chi connectivity index (χ2v) is 3.01. The van der Waals surface area contributed by atoms with Crippen molar-refractivity contribution in [3.63, 3.8) is 0 Å². The van der Waals surface area contributed by atoms with Gasteiger partial charge >= 0.3 is 5.97 Å². The Morgan fingerprint density at radius 2 is 2.07 bits per heavy atom. The molecule has 0 bridgehead atoms. The van der Waals surface area contributed by atoms with Crippen LogP contribution in [0.15, 0.2) is 12.2 Å². The smallest absolute Gasteiger partial charge is 0.307 e. The second kappa shape index (κ2) is 6.15. The molecule has 0 rings (SSSR count). The Balaban J connectivity index is 4.48. The van der Waals surface area contributed by atoms with Crippen molar-refractivity contribution in [2.24, 2.45) is 11.8 Å². The van der Waals surface area contributed by atoms with Gasteiger partial charge < -0.3 is 5.11 Å². The molecule has 0 spiro atoms. The summed E-state index contributed by atoms with van der Waals surface area (Å²) in [7, 11) is 0. The third-order valence-electron chi connectivity index (χ3n) is 2.07. The molecule has 0 aliphatic carbocycles. The minimum Gasteiger partial charge on any atom is -0.481 e. The number of rotatable bonds is 5. The minimum atomic E-state index is -1.04. The molecule has 14 heavy (non-hydrogen) atoms. The number of nitrogens with one attached hydrogen (secondary N) is 1. The number of hydrogen-bond donors (Lipinski definition) is 3. The van der Waals surface area contributed by atoms with Gasteiger partial charge in [0.2, 0.25) is 5.91 Å². The van der Waals surface area contributed by atoms with E-state index in [1.165, 1.54) is 12.4 Å². The lowest BCUT2D eigenvalue weighted by Gasteiger charge is -2.16. The number of allylic oxidation sites excluding steroid dienone is 2. The first kappa shape index (κ1) is 12.6. The van der Waals surface area contributed by atoms with Gasteiger partial charge in [0.05, 0.1) is 11.8 Å². The molecule has 2 atom stereocenters. The Labute approximate surface area is 82.4 Å². The van der Waals surface area contributed by atoms with Crippen LogP contribution >= 0.6 is 0 Å². The van der Waals surface area contributed by atoms with Gasteiger partial charge in [0.15, 0.2) is 0 Å². The Kier molecular flexibility index (Phi) is 5.55. The molecule has 5 heteroatoms. The van der Waals surface area contributed by atoms with Crippen molar-refractivity contribution in [2.75, 3.05) is 0 Å². The fourth-order valence-electron chi connectivity index (χ4n) is 1.09. The average molecular weight is 201 g/mol. The summed E-state index contributed by atoms with van der Waals surface area (Å²) in [5.74, 6) is -3.28. The van der Waals surface area contributed by atoms with E-state index in [4.69, 9.17) is 10.3 Å². The third kappa shape index (κ3) is 3.57. The minimum absolute atomic E-state index is 0.278. The number of carbonyl (C=O) groups excluding carboxylic acids is 1. The van der Waals surface area contributed by atoms with Crippen molar-refractivity contribution in [1.29, 1.82) is 0 Å². The van der Waals surface area contributed by atoms with Crippen molar-refractivity contribution in [3.8, 4) is 0 Å². The van der Waals surface area contributed by atoms with E-state index in [0.29, 0.717) is 0 Å². The van der Waals surface area contributed by atoms with Gasteiger partial charge in [-0.25, -0.2) is 5.48 Å². The number of carboxylic acids is 1. The Morgan fingerprint density at radius 3 is 2.43 bits per heavy atom. The van der Waals surface area contributed by atoms with E-state index < -0.39 is 23.7 Å². The molecular weight excluding hydrogens is 186 g/mol. The van der Waals surface area contributed by atoms with E-state index in [2.05, 4.69) is 0 Å². The summed E-state index contributed by atoms with van der Waals surface area (Å²) in [6.45, 7) is 3.24. The molecule has 80 valence electrons. The quantitative estimate of drug-likeness (QED) is 0.349. The van der Waals surface area contributed by atoms with Crippen LogP contribution in [0.4, 0.5) is 0 Å². The molecule has 0 aromatic rings. The monoisotopic (exact) mass is 201 g/mol. The van der Waals surface area contributed by atoms with Crippen LogP contribution in [0.5, 0.6) is 0 Å². The predicted molar refractivity (Wildman–Crippen MR) is 49.7 cm³/mol. The van der Waals surface area contributed by atoms with Crippen LogP contribution in [-0.2, 0) is 9.59 Å². The number of carbonyl (C=O) groups is 2. The van der Waals surface area contributed by atoms with Crippen molar-refractivity contribution in [3.05, 3.63) is 12.2 Å². The molecule has 0 aromatic carbocycles. The van der Waals surface area contributed by atoms with Crippen molar-refractivity contribution >= 4 is 11.9 Å². The van der Waals surface area contributed by atoms with Crippen LogP contribution in [0, 0.1) is 11.8 Å². The molecular formula is C9H15NO4. The first-order chi connectivity index (χ1) is 6.54. The Morgan fingerprint density at radius 1 is 1.50 bits per heavy atom. The molecule has 0 aromatic heterocycles. The lowest BCUT2D eigenvalue weighted by Crippen LogP contribution is -2.34. The summed E-state index contributed by atoms with van der Waals surface area (Å²) in [6, 6.07) is 0. The zero-order chi connectivity index (χ0) is 11.1. The number of hydroxylamine groups is 1. The maximum Gasteiger partial charge on any atom is 0.307 e. The Bertz CT molecular complexity index is 237. The summed E-state index contributed by atoms with van der Waals surface area (Å²) >= 11 is 0. The zero-order valence-corrected chi connectivity index (χ0v) is 8.23. The molecule has 0 radical (unpaired) electrons. The van der Waals surface area contributed by atoms with E-state index >= 15 is 0 Å². The largest absolute Gasteiger partial charge is 0.481 e. The van der Waals surface area contributed by atoms with Gasteiger partial charge in [-0.2, -0.15) is 0 Å². The third-order valence-corrected chi connectivity index (χ3v) is 2.07. The zero-order valence-electron chi connectivity index (χ0n) is 8.23. The maximum absolute atomic E-state index is 11.0. The average Bonchev–Trinajstić information content (AvgIpc) is 2.16. The van der Waals surface area contributed by atoms with Gasteiger partial charge in [0.25, 0.3) is 0 Å². The van der Waals surface area contributed by atoms with Crippen LogP contribution in [0.3, 0.4) is 0 Å². The van der Waals surface area contributed by atoms with E-state index in [9.17, 15) is 9.59 Å². The molecule has 1 amide bonds. The number of carboxylic acid groups (broad SMARTS) is 1. The van der Waals surface area contributed by atoms with Gasteiger partial charge in [0.1, 0.15) is 0 Å². The normalized spacial score (nSPS) is 15.1. The number of amides is 1. The lowest BCUT2D eigenvalue weighted by atomic mass is 9.90. The second-order valence-electron chi connectivity index (χ2n) is 3.01. The van der Waals surface area contributed by atoms with Gasteiger partial charge in [-0.05, 0) is 13.3 Å². The number of hydrogen-bond acceptors (Lipinski definition) is 3. The molecule has 0 heterocycles. The maximum atomic E-state index is 11.0. The first-order valence-corrected chi connectivity index (χ1v) is 4.32. The summed E-state index contributed by atoms with van der Waals surface area (Å²) in [5, 5.41) is 17.2. The van der Waals surface area contributed by atoms with Crippen LogP contribution in [0.1, 0.15) is 20.3 Å². The van der Waals surface area contributed by atoms with Gasteiger partial charge in [-0.1, -0.05) is 19.1 Å². The van der Waals surface area contributed by atoms with E-state index in [0.717, 1.165) is 0 Å². The predicted octanol–water partition coefficient (Wildman–Crippen LogP) is 0.795. The summed E-state index contributed by atoms with van der Waals surface area (Å²) in [6.07, 6.45) is 3.68. The van der Waals surface area contributed by atoms with Crippen LogP contribution < -0.4 is 5.48 Å². The molecule has 0 aliphatic rings. The molecule has 3 N–H and O–H groups in total. The van der Waals surface area contributed by atoms with E-state index in [-0.39, 0.29) is 6.42 Å². The van der Waals surface area contributed by atoms with Gasteiger partial charge in [-0.15, -0.1) is 0 Å². The molecule has 0 fully saturated rings. The van der Waals surface area contributed by atoms with E-state index in [1.54, 1.807) is 19.1 Å². The van der Waals surface area contributed by atoms with Crippen molar-refractivity contribution < 1.29 is 19.9 Å². The van der Waals surface area contributed by atoms with Crippen LogP contribution in [0.25, 0.3) is 0 Å². The topological polar surface area (TPSA) is 86.6 Å². The van der Waals surface area contributed by atoms with Crippen molar-refractivity contribution in [1.82, 2.24) is 5.48 Å². The molecule has 2 unspecified atom stereocenters. The van der Waals surface area contributed by atoms with Crippen LogP contribution in [0.2, 0.25) is 0 Å². The highest BCUT2D eigenvalue weighted by Gasteiger charge is 2.28. The van der Waals surface area contributed by atoms with Gasteiger partial charge in [0, 0.05) is 0 Å². The lowest BCUT2D eigenvalue weighted by molar-refractivity contribution is -0.148. The SMILES string of the molecule is CC=CCC(C(=O)O)C(C)C(=O)NO. The fraction of sp³-hybridized carbons (Fsp3) is 0.556.